The van der Waals surface area contributed by atoms with E-state index < -0.39 is 21.6 Å². The number of carboxylic acid groups (broad SMARTS) is 1. The number of carboxylic acids is 1. The van der Waals surface area contributed by atoms with Gasteiger partial charge in [0, 0.05) is 13.1 Å². The molecule has 0 aliphatic carbocycles. The second-order valence-electron chi connectivity index (χ2n) is 5.78. The maximum Gasteiger partial charge on any atom is 0.335 e. The van der Waals surface area contributed by atoms with Crippen molar-refractivity contribution in [3.8, 4) is 0 Å². The van der Waals surface area contributed by atoms with E-state index in [9.17, 15) is 18.3 Å². The maximum atomic E-state index is 12.2. The zero-order valence-corrected chi connectivity index (χ0v) is 12.8. The first kappa shape index (κ1) is 15.9. The van der Waals surface area contributed by atoms with Crippen molar-refractivity contribution >= 4 is 16.0 Å². The monoisotopic (exact) mass is 313 g/mol. The van der Waals surface area contributed by atoms with Gasteiger partial charge in [0.1, 0.15) is 0 Å². The maximum absolute atomic E-state index is 12.2. The highest BCUT2D eigenvalue weighted by Gasteiger charge is 2.48. The molecule has 0 radical (unpaired) electrons. The molecular formula is C14H19NO5S. The third-order valence-electron chi connectivity index (χ3n) is 3.92. The number of hydrogen-bond acceptors (Lipinski definition) is 4. The summed E-state index contributed by atoms with van der Waals surface area (Å²) >= 11 is 0. The lowest BCUT2D eigenvalue weighted by molar-refractivity contribution is -0.0933. The van der Waals surface area contributed by atoms with Crippen LogP contribution in [0.25, 0.3) is 0 Å². The highest BCUT2D eigenvalue weighted by atomic mass is 32.2. The zero-order chi connectivity index (χ0) is 15.8. The second-order valence-corrected chi connectivity index (χ2v) is 7.75. The fourth-order valence-corrected chi connectivity index (χ4v) is 3.81. The van der Waals surface area contributed by atoms with Gasteiger partial charge < -0.3 is 10.2 Å². The van der Waals surface area contributed by atoms with Crippen LogP contribution in [0.5, 0.6) is 0 Å². The van der Waals surface area contributed by atoms with E-state index in [-0.39, 0.29) is 30.3 Å². The molecule has 1 saturated heterocycles. The Balaban J connectivity index is 2.04. The number of benzene rings is 1. The first-order chi connectivity index (χ1) is 9.64. The van der Waals surface area contributed by atoms with E-state index in [0.717, 1.165) is 0 Å². The van der Waals surface area contributed by atoms with Crippen molar-refractivity contribution in [3.05, 3.63) is 35.4 Å². The molecule has 2 rings (SSSR count). The highest BCUT2D eigenvalue weighted by Crippen LogP contribution is 2.31. The lowest BCUT2D eigenvalue weighted by Crippen LogP contribution is -2.65. The van der Waals surface area contributed by atoms with Gasteiger partial charge in [0.2, 0.25) is 10.0 Å². The Morgan fingerprint density at radius 1 is 1.29 bits per heavy atom. The third kappa shape index (κ3) is 3.25. The van der Waals surface area contributed by atoms with Crippen LogP contribution in [-0.4, -0.2) is 47.6 Å². The summed E-state index contributed by atoms with van der Waals surface area (Å²) < 4.78 is 25.7. The number of nitrogens with zero attached hydrogens (tertiary/aromatic N) is 1. The predicted octanol–water partition coefficient (Wildman–Crippen LogP) is 0.917. The quantitative estimate of drug-likeness (QED) is 0.843. The molecule has 0 amide bonds. The molecule has 0 atom stereocenters. The minimum atomic E-state index is -3.49. The Morgan fingerprint density at radius 3 is 2.24 bits per heavy atom. The van der Waals surface area contributed by atoms with Crippen molar-refractivity contribution in [2.75, 3.05) is 13.1 Å². The van der Waals surface area contributed by atoms with Gasteiger partial charge in [0.15, 0.2) is 0 Å². The van der Waals surface area contributed by atoms with Crippen LogP contribution >= 0.6 is 0 Å². The number of hydrogen-bond donors (Lipinski definition) is 2. The molecule has 1 aromatic rings. The van der Waals surface area contributed by atoms with E-state index in [1.807, 2.05) is 13.8 Å². The second kappa shape index (κ2) is 5.40. The van der Waals surface area contributed by atoms with Gasteiger partial charge in [0.25, 0.3) is 0 Å². The molecule has 0 unspecified atom stereocenters. The molecule has 0 spiro atoms. The van der Waals surface area contributed by atoms with Gasteiger partial charge in [0.05, 0.1) is 16.9 Å². The lowest BCUT2D eigenvalue weighted by Gasteiger charge is -2.47. The molecule has 0 bridgehead atoms. The smallest absolute Gasteiger partial charge is 0.335 e. The standard InChI is InChI=1S/C14H19NO5S/c1-10(2)14(18)8-15(9-14)21(19,20)7-11-3-5-12(6-4-11)13(16)17/h3-6,10,18H,7-9H2,1-2H3,(H,16,17). The summed E-state index contributed by atoms with van der Waals surface area (Å²) in [7, 11) is -3.49. The average Bonchev–Trinajstić information content (AvgIpc) is 2.34. The Hall–Kier alpha value is -1.44. The highest BCUT2D eigenvalue weighted by molar-refractivity contribution is 7.88. The largest absolute Gasteiger partial charge is 0.478 e. The summed E-state index contributed by atoms with van der Waals surface area (Å²) in [5.74, 6) is -1.24. The van der Waals surface area contributed by atoms with Crippen LogP contribution in [-0.2, 0) is 15.8 Å². The van der Waals surface area contributed by atoms with Crippen LogP contribution in [0.2, 0.25) is 0 Å². The molecule has 0 saturated carbocycles. The lowest BCUT2D eigenvalue weighted by atomic mass is 9.85. The molecule has 116 valence electrons. The Morgan fingerprint density at radius 2 is 1.81 bits per heavy atom. The number of aromatic carboxylic acids is 1. The van der Waals surface area contributed by atoms with Gasteiger partial charge in [-0.1, -0.05) is 26.0 Å². The third-order valence-corrected chi connectivity index (χ3v) is 5.66. The van der Waals surface area contributed by atoms with Crippen molar-refractivity contribution in [2.24, 2.45) is 5.92 Å². The molecule has 21 heavy (non-hydrogen) atoms. The van der Waals surface area contributed by atoms with Crippen molar-refractivity contribution in [1.82, 2.24) is 4.31 Å². The summed E-state index contributed by atoms with van der Waals surface area (Å²) in [5.41, 5.74) is -0.297. The molecule has 1 aliphatic heterocycles. The average molecular weight is 313 g/mol. The molecular weight excluding hydrogens is 294 g/mol. The number of aliphatic hydroxyl groups is 1. The first-order valence-corrected chi connectivity index (χ1v) is 8.27. The van der Waals surface area contributed by atoms with Crippen molar-refractivity contribution < 1.29 is 23.4 Å². The van der Waals surface area contributed by atoms with Crippen molar-refractivity contribution in [3.63, 3.8) is 0 Å². The summed E-state index contributed by atoms with van der Waals surface area (Å²) in [5, 5.41) is 18.9. The number of sulfonamides is 1. The van der Waals surface area contributed by atoms with Gasteiger partial charge in [-0.3, -0.25) is 0 Å². The normalized spacial score (nSPS) is 18.5. The minimum absolute atomic E-state index is 0.00111. The fraction of sp³-hybridized carbons (Fsp3) is 0.500. The molecule has 1 aromatic carbocycles. The predicted molar refractivity (Wildman–Crippen MR) is 77.4 cm³/mol. The Bertz CT molecular complexity index is 630. The van der Waals surface area contributed by atoms with Crippen LogP contribution in [0.3, 0.4) is 0 Å². The molecule has 1 heterocycles. The van der Waals surface area contributed by atoms with Gasteiger partial charge in [-0.05, 0) is 23.6 Å². The van der Waals surface area contributed by atoms with E-state index in [1.165, 1.54) is 28.6 Å². The van der Waals surface area contributed by atoms with E-state index in [1.54, 1.807) is 0 Å². The van der Waals surface area contributed by atoms with Gasteiger partial charge in [-0.25, -0.2) is 13.2 Å². The minimum Gasteiger partial charge on any atom is -0.478 e. The van der Waals surface area contributed by atoms with Crippen LogP contribution in [0.4, 0.5) is 0 Å². The fourth-order valence-electron chi connectivity index (χ4n) is 2.17. The van der Waals surface area contributed by atoms with Gasteiger partial charge in [-0.2, -0.15) is 4.31 Å². The van der Waals surface area contributed by atoms with Gasteiger partial charge in [-0.15, -0.1) is 0 Å². The van der Waals surface area contributed by atoms with Crippen molar-refractivity contribution in [1.29, 1.82) is 0 Å². The SMILES string of the molecule is CC(C)C1(O)CN(S(=O)(=O)Cc2ccc(C(=O)O)cc2)C1. The first-order valence-electron chi connectivity index (χ1n) is 6.66. The molecule has 7 heteroatoms. The zero-order valence-electron chi connectivity index (χ0n) is 12.0. The van der Waals surface area contributed by atoms with Crippen LogP contribution in [0.1, 0.15) is 29.8 Å². The van der Waals surface area contributed by atoms with E-state index in [2.05, 4.69) is 0 Å². The van der Waals surface area contributed by atoms with Crippen LogP contribution in [0, 0.1) is 5.92 Å². The molecule has 6 nitrogen and oxygen atoms in total. The summed E-state index contributed by atoms with van der Waals surface area (Å²) in [6.45, 7) is 3.93. The van der Waals surface area contributed by atoms with Crippen molar-refractivity contribution in [2.45, 2.75) is 25.2 Å². The summed E-state index contributed by atoms with van der Waals surface area (Å²) in [4.78, 5) is 10.7. The summed E-state index contributed by atoms with van der Waals surface area (Å²) in [6, 6.07) is 5.76. The number of rotatable bonds is 5. The van der Waals surface area contributed by atoms with E-state index in [0.29, 0.717) is 5.56 Å². The number of carbonyl (C=O) groups is 1. The van der Waals surface area contributed by atoms with Gasteiger partial charge >= 0.3 is 5.97 Å². The van der Waals surface area contributed by atoms with Crippen LogP contribution in [0.15, 0.2) is 24.3 Å². The van der Waals surface area contributed by atoms with E-state index >= 15 is 0 Å². The van der Waals surface area contributed by atoms with E-state index in [4.69, 9.17) is 5.11 Å². The number of β-amino-alcohol motifs (C(OH)–C–C–N with tert-alkyl or cyclic N) is 1. The molecule has 0 aromatic heterocycles. The summed E-state index contributed by atoms with van der Waals surface area (Å²) in [6.07, 6.45) is 0. The Labute approximate surface area is 124 Å². The topological polar surface area (TPSA) is 94.9 Å². The molecule has 1 fully saturated rings. The van der Waals surface area contributed by atoms with Crippen LogP contribution < -0.4 is 0 Å². The molecule has 2 N–H and O–H groups in total. The Kier molecular flexibility index (Phi) is 4.10. The molecule has 1 aliphatic rings.